The molecule has 3 nitrogen and oxygen atoms in total. The molecule has 0 atom stereocenters. The summed E-state index contributed by atoms with van der Waals surface area (Å²) >= 11 is 5.67. The molecule has 0 bridgehead atoms. The summed E-state index contributed by atoms with van der Waals surface area (Å²) in [6.45, 7) is 0. The van der Waals surface area contributed by atoms with Crippen LogP contribution in [0, 0.1) is 5.82 Å². The van der Waals surface area contributed by atoms with E-state index in [0.29, 0.717) is 22.1 Å². The first-order valence-corrected chi connectivity index (χ1v) is 5.03. The molecule has 0 fully saturated rings. The Bertz CT molecular complexity index is 516. The van der Waals surface area contributed by atoms with Crippen molar-refractivity contribution in [3.8, 4) is 11.3 Å². The minimum absolute atomic E-state index is 0.360. The van der Waals surface area contributed by atoms with Gasteiger partial charge in [0, 0.05) is 17.6 Å². The van der Waals surface area contributed by atoms with Gasteiger partial charge >= 0.3 is 0 Å². The van der Waals surface area contributed by atoms with E-state index in [1.807, 2.05) is 0 Å². The average Bonchev–Trinajstić information content (AvgIpc) is 2.29. The Morgan fingerprint density at radius 1 is 1.31 bits per heavy atom. The third-order valence-corrected chi connectivity index (χ3v) is 2.33. The van der Waals surface area contributed by atoms with Gasteiger partial charge in [0.25, 0.3) is 0 Å². The Balaban J connectivity index is 2.49. The monoisotopic (exact) mass is 237 g/mol. The molecule has 0 aliphatic heterocycles. The number of nitrogens with one attached hydrogen (secondary N) is 1. The fourth-order valence-corrected chi connectivity index (χ4v) is 1.47. The van der Waals surface area contributed by atoms with E-state index in [1.165, 1.54) is 12.3 Å². The van der Waals surface area contributed by atoms with E-state index in [2.05, 4.69) is 15.3 Å². The van der Waals surface area contributed by atoms with Crippen molar-refractivity contribution in [1.82, 2.24) is 9.97 Å². The van der Waals surface area contributed by atoms with Crippen LogP contribution in [0.15, 0.2) is 30.6 Å². The van der Waals surface area contributed by atoms with Crippen LogP contribution >= 0.6 is 11.6 Å². The average molecular weight is 238 g/mol. The van der Waals surface area contributed by atoms with Gasteiger partial charge in [-0.1, -0.05) is 11.6 Å². The summed E-state index contributed by atoms with van der Waals surface area (Å²) < 4.78 is 13.6. The van der Waals surface area contributed by atoms with E-state index in [4.69, 9.17) is 11.6 Å². The topological polar surface area (TPSA) is 37.8 Å². The zero-order chi connectivity index (χ0) is 11.5. The van der Waals surface area contributed by atoms with E-state index in [0.717, 1.165) is 0 Å². The summed E-state index contributed by atoms with van der Waals surface area (Å²) in [6, 6.07) is 4.46. The van der Waals surface area contributed by atoms with E-state index >= 15 is 0 Å². The molecule has 0 amide bonds. The highest BCUT2D eigenvalue weighted by molar-refractivity contribution is 6.30. The first-order chi connectivity index (χ1) is 7.70. The maximum atomic E-state index is 13.6. The standard InChI is InChI=1S/C11H9ClFN3/c1-14-11-6-15-5-10(16-11)8-3-2-7(12)4-9(8)13/h2-6H,1H3,(H,14,16). The van der Waals surface area contributed by atoms with Crippen molar-refractivity contribution >= 4 is 17.4 Å². The van der Waals surface area contributed by atoms with Crippen LogP contribution in [0.3, 0.4) is 0 Å². The van der Waals surface area contributed by atoms with E-state index in [-0.39, 0.29) is 0 Å². The second kappa shape index (κ2) is 4.45. The summed E-state index contributed by atoms with van der Waals surface area (Å²) in [5.41, 5.74) is 0.856. The summed E-state index contributed by atoms with van der Waals surface area (Å²) in [6.07, 6.45) is 3.07. The van der Waals surface area contributed by atoms with Gasteiger partial charge < -0.3 is 5.32 Å². The molecule has 1 N–H and O–H groups in total. The molecule has 0 saturated heterocycles. The number of halogens is 2. The molecule has 0 saturated carbocycles. The third kappa shape index (κ3) is 2.12. The van der Waals surface area contributed by atoms with Crippen molar-refractivity contribution in [3.05, 3.63) is 41.4 Å². The summed E-state index contributed by atoms with van der Waals surface area (Å²) in [5, 5.41) is 3.21. The van der Waals surface area contributed by atoms with Crippen molar-refractivity contribution in [1.29, 1.82) is 0 Å². The molecule has 0 radical (unpaired) electrons. The Kier molecular flexibility index (Phi) is 3.01. The number of rotatable bonds is 2. The van der Waals surface area contributed by atoms with Gasteiger partial charge in [0.15, 0.2) is 0 Å². The van der Waals surface area contributed by atoms with Crippen LogP contribution < -0.4 is 5.32 Å². The fourth-order valence-electron chi connectivity index (χ4n) is 1.31. The SMILES string of the molecule is CNc1cncc(-c2ccc(Cl)cc2F)n1. The molecular weight excluding hydrogens is 229 g/mol. The van der Waals surface area contributed by atoms with Gasteiger partial charge in [0.2, 0.25) is 0 Å². The molecule has 2 aromatic rings. The number of nitrogens with zero attached hydrogens (tertiary/aromatic N) is 2. The van der Waals surface area contributed by atoms with Crippen LogP contribution in [-0.2, 0) is 0 Å². The summed E-state index contributed by atoms with van der Waals surface area (Å²) in [7, 11) is 1.73. The van der Waals surface area contributed by atoms with Gasteiger partial charge in [-0.3, -0.25) is 4.98 Å². The van der Waals surface area contributed by atoms with Crippen molar-refractivity contribution in [2.24, 2.45) is 0 Å². The van der Waals surface area contributed by atoms with Crippen LogP contribution in [0.1, 0.15) is 0 Å². The van der Waals surface area contributed by atoms with Crippen LogP contribution in [-0.4, -0.2) is 17.0 Å². The molecule has 1 aromatic carbocycles. The minimum Gasteiger partial charge on any atom is -0.372 e. The van der Waals surface area contributed by atoms with Gasteiger partial charge in [-0.2, -0.15) is 0 Å². The highest BCUT2D eigenvalue weighted by Gasteiger charge is 2.07. The lowest BCUT2D eigenvalue weighted by Crippen LogP contribution is -1.96. The van der Waals surface area contributed by atoms with Crippen LogP contribution in [0.25, 0.3) is 11.3 Å². The maximum absolute atomic E-state index is 13.6. The molecule has 0 aliphatic carbocycles. The lowest BCUT2D eigenvalue weighted by Gasteiger charge is -2.04. The normalized spacial score (nSPS) is 10.2. The smallest absolute Gasteiger partial charge is 0.144 e. The number of aromatic nitrogens is 2. The number of benzene rings is 1. The predicted molar refractivity (Wildman–Crippen MR) is 62.0 cm³/mol. The number of hydrogen-bond donors (Lipinski definition) is 1. The predicted octanol–water partition coefficient (Wildman–Crippen LogP) is 2.98. The molecule has 1 aromatic heterocycles. The lowest BCUT2D eigenvalue weighted by molar-refractivity contribution is 0.630. The van der Waals surface area contributed by atoms with Crippen LogP contribution in [0.4, 0.5) is 10.2 Å². The molecular formula is C11H9ClFN3. The number of anilines is 1. The first-order valence-electron chi connectivity index (χ1n) is 4.66. The molecule has 16 heavy (non-hydrogen) atoms. The second-order valence-electron chi connectivity index (χ2n) is 3.16. The molecule has 1 heterocycles. The molecule has 0 unspecified atom stereocenters. The van der Waals surface area contributed by atoms with E-state index in [9.17, 15) is 4.39 Å². The van der Waals surface area contributed by atoms with Gasteiger partial charge in [0.05, 0.1) is 18.1 Å². The maximum Gasteiger partial charge on any atom is 0.144 e. The minimum atomic E-state index is -0.407. The molecule has 82 valence electrons. The van der Waals surface area contributed by atoms with Gasteiger partial charge in [-0.25, -0.2) is 9.37 Å². The van der Waals surface area contributed by atoms with Crippen molar-refractivity contribution in [3.63, 3.8) is 0 Å². The number of hydrogen-bond acceptors (Lipinski definition) is 3. The molecule has 5 heteroatoms. The second-order valence-corrected chi connectivity index (χ2v) is 3.60. The van der Waals surface area contributed by atoms with Crippen LogP contribution in [0.5, 0.6) is 0 Å². The molecule has 2 rings (SSSR count). The zero-order valence-corrected chi connectivity index (χ0v) is 9.29. The molecule has 0 spiro atoms. The lowest BCUT2D eigenvalue weighted by atomic mass is 10.1. The van der Waals surface area contributed by atoms with Crippen molar-refractivity contribution in [2.45, 2.75) is 0 Å². The Morgan fingerprint density at radius 2 is 2.12 bits per heavy atom. The van der Waals surface area contributed by atoms with Gasteiger partial charge in [-0.05, 0) is 18.2 Å². The van der Waals surface area contributed by atoms with Gasteiger partial charge in [-0.15, -0.1) is 0 Å². The highest BCUT2D eigenvalue weighted by atomic mass is 35.5. The largest absolute Gasteiger partial charge is 0.372 e. The van der Waals surface area contributed by atoms with E-state index < -0.39 is 5.82 Å². The quantitative estimate of drug-likeness (QED) is 0.873. The first kappa shape index (κ1) is 10.8. The summed E-state index contributed by atoms with van der Waals surface area (Å²) in [5.74, 6) is 0.182. The zero-order valence-electron chi connectivity index (χ0n) is 8.54. The Labute approximate surface area is 97.3 Å². The van der Waals surface area contributed by atoms with Crippen LogP contribution in [0.2, 0.25) is 5.02 Å². The summed E-state index contributed by atoms with van der Waals surface area (Å²) in [4.78, 5) is 8.17. The Morgan fingerprint density at radius 3 is 2.81 bits per heavy atom. The highest BCUT2D eigenvalue weighted by Crippen LogP contribution is 2.23. The van der Waals surface area contributed by atoms with Crippen molar-refractivity contribution in [2.75, 3.05) is 12.4 Å². The molecule has 0 aliphatic rings. The Hall–Kier alpha value is -1.68. The van der Waals surface area contributed by atoms with Gasteiger partial charge in [0.1, 0.15) is 11.6 Å². The fraction of sp³-hybridized carbons (Fsp3) is 0.0909. The third-order valence-electron chi connectivity index (χ3n) is 2.10. The van der Waals surface area contributed by atoms with E-state index in [1.54, 1.807) is 25.4 Å². The van der Waals surface area contributed by atoms with Crippen molar-refractivity contribution < 1.29 is 4.39 Å².